The maximum atomic E-state index is 14.1. The highest BCUT2D eigenvalue weighted by Gasteiger charge is 2.55. The molecule has 0 aromatic rings. The summed E-state index contributed by atoms with van der Waals surface area (Å²) in [6.07, 6.45) is -2.71. The number of carbonyl (C=O) groups is 7. The van der Waals surface area contributed by atoms with Crippen molar-refractivity contribution in [3.8, 4) is 0 Å². The normalized spacial score (nSPS) is 20.7. The number of hydrogen-bond donors (Lipinski definition) is 4. The molecule has 0 spiro atoms. The molecule has 0 unspecified atom stereocenters. The predicted molar refractivity (Wildman–Crippen MR) is 219 cm³/mol. The number of urea groups is 2. The van der Waals surface area contributed by atoms with Gasteiger partial charge in [-0.1, -0.05) is 0 Å². The summed E-state index contributed by atoms with van der Waals surface area (Å²) in [5.74, 6) is -4.77. The van der Waals surface area contributed by atoms with Crippen LogP contribution in [-0.4, -0.2) is 182 Å². The first kappa shape index (κ1) is 61.7. The third kappa shape index (κ3) is 21.0. The number of fused-ring (bicyclic) bond motifs is 4. The first-order valence-corrected chi connectivity index (χ1v) is 20.8. The standard InChI is InChI=1S/C14H21F2N3O6.C7H11BrF2O3.C7H11N3O3.C5H12O2.C2BrClF2O/c1-13(2,7-23-3)24-11(21)14(15,16)25-19-8-4-5-9(10(17)20)18(6-8)12(19)22;1-6(2,4-12-3)13-5(11)7(8,9)10;8-6(11)5-2-1-4-3-9(5)7(12)10(4)13;1-5(2,6)4-7-3;3-2(5,6)1(4)7/h8-9H,4-7H2,1-3H3,(H2,17,20);4H2,1-3H3;4-5,13H,1-3H2,(H2,8,11);6H,4H2,1-3H3;/t8-,9+;;4-,5+;;/m1.1../s1. The fraction of sp³-hybridized carbons (Fsp3) is 0.800. The largest absolute Gasteiger partial charge is 0.477 e. The number of alkyl halides is 8. The van der Waals surface area contributed by atoms with Crippen molar-refractivity contribution in [2.45, 2.75) is 124 Å². The molecule has 4 atom stereocenters. The van der Waals surface area contributed by atoms with Crippen molar-refractivity contribution in [1.29, 1.82) is 0 Å². The summed E-state index contributed by atoms with van der Waals surface area (Å²) in [4.78, 5) is 77.2. The van der Waals surface area contributed by atoms with Gasteiger partial charge in [0.1, 0.15) is 23.3 Å². The predicted octanol–water partition coefficient (Wildman–Crippen LogP) is 3.45. The fourth-order valence-electron chi connectivity index (χ4n) is 5.88. The molecule has 0 radical (unpaired) electrons. The zero-order valence-electron chi connectivity index (χ0n) is 36.7. The van der Waals surface area contributed by atoms with Gasteiger partial charge >= 0.3 is 45.0 Å². The number of piperidine rings is 2. The van der Waals surface area contributed by atoms with Crippen molar-refractivity contribution < 1.29 is 98.7 Å². The van der Waals surface area contributed by atoms with Crippen LogP contribution >= 0.6 is 43.5 Å². The molecule has 21 nitrogen and oxygen atoms in total. The first-order valence-electron chi connectivity index (χ1n) is 18.8. The molecule has 65 heavy (non-hydrogen) atoms. The molecule has 378 valence electrons. The zero-order chi connectivity index (χ0) is 51.3. The highest BCUT2D eigenvalue weighted by atomic mass is 79.9. The van der Waals surface area contributed by atoms with E-state index in [1.165, 1.54) is 46.8 Å². The number of halogens is 9. The lowest BCUT2D eigenvalue weighted by molar-refractivity contribution is -0.333. The molecule has 4 saturated heterocycles. The Kier molecular flexibility index (Phi) is 23.9. The van der Waals surface area contributed by atoms with Gasteiger partial charge in [0.2, 0.25) is 11.8 Å². The van der Waals surface area contributed by atoms with Crippen molar-refractivity contribution in [2.75, 3.05) is 54.2 Å². The number of carbonyl (C=O) groups excluding carboxylic acids is 7. The molecule has 0 aromatic carbocycles. The Labute approximate surface area is 391 Å². The van der Waals surface area contributed by atoms with E-state index in [1.54, 1.807) is 36.9 Å². The summed E-state index contributed by atoms with van der Waals surface area (Å²) in [5.41, 5.74) is 7.31. The van der Waals surface area contributed by atoms with Crippen LogP contribution < -0.4 is 11.5 Å². The van der Waals surface area contributed by atoms with E-state index < -0.39 is 91.8 Å². The van der Waals surface area contributed by atoms with E-state index in [2.05, 4.69) is 30.6 Å². The lowest BCUT2D eigenvalue weighted by Crippen LogP contribution is -2.48. The molecule has 0 aromatic heterocycles. The quantitative estimate of drug-likeness (QED) is 0.0601. The fourth-order valence-corrected chi connectivity index (χ4v) is 5.96. The average molecular weight is 1110 g/mol. The van der Waals surface area contributed by atoms with Crippen LogP contribution in [0.3, 0.4) is 0 Å². The molecular weight excluding hydrogens is 1050 g/mol. The van der Waals surface area contributed by atoms with Gasteiger partial charge in [0, 0.05) is 66.3 Å². The molecule has 4 fully saturated rings. The smallest absolute Gasteiger partial charge is 0.452 e. The minimum absolute atomic E-state index is 0.0206. The molecule has 4 aliphatic heterocycles. The second-order valence-electron chi connectivity index (χ2n) is 16.1. The van der Waals surface area contributed by atoms with Gasteiger partial charge in [0.25, 0.3) is 0 Å². The van der Waals surface area contributed by atoms with E-state index in [0.29, 0.717) is 36.1 Å². The maximum Gasteiger partial charge on any atom is 0.477 e. The Hall–Kier alpha value is -3.32. The van der Waals surface area contributed by atoms with Gasteiger partial charge in [-0.25, -0.2) is 24.2 Å². The molecule has 0 saturated carbocycles. The second kappa shape index (κ2) is 25.2. The Bertz CT molecular complexity index is 1660. The maximum absolute atomic E-state index is 14.1. The van der Waals surface area contributed by atoms with Crippen LogP contribution in [0.5, 0.6) is 0 Å². The Morgan fingerprint density at radius 2 is 1.05 bits per heavy atom. The van der Waals surface area contributed by atoms with Crippen LogP contribution in [0, 0.1) is 0 Å². The van der Waals surface area contributed by atoms with Crippen molar-refractivity contribution in [2.24, 2.45) is 11.5 Å². The third-order valence-corrected chi connectivity index (χ3v) is 9.60. The number of hydrogen-bond acceptors (Lipinski definition) is 15. The summed E-state index contributed by atoms with van der Waals surface area (Å²) >= 11 is 7.95. The van der Waals surface area contributed by atoms with Gasteiger partial charge in [-0.15, -0.1) is 0 Å². The van der Waals surface area contributed by atoms with Crippen LogP contribution in [0.15, 0.2) is 0 Å². The number of nitrogens with zero attached hydrogens (tertiary/aromatic N) is 4. The Morgan fingerprint density at radius 1 is 0.677 bits per heavy atom. The summed E-state index contributed by atoms with van der Waals surface area (Å²) in [5, 5.41) is 17.6. The minimum atomic E-state index is -4.37. The number of nitrogens with two attached hydrogens (primary N) is 2. The first-order chi connectivity index (χ1) is 29.3. The van der Waals surface area contributed by atoms with E-state index in [4.69, 9.17) is 26.0 Å². The zero-order valence-corrected chi connectivity index (χ0v) is 40.6. The third-order valence-electron chi connectivity index (χ3n) is 8.45. The number of esters is 2. The molecule has 4 aliphatic rings. The molecular formula is C35H55Br2ClF6N6O15. The van der Waals surface area contributed by atoms with Crippen molar-refractivity contribution in [1.82, 2.24) is 19.9 Å². The number of ether oxygens (including phenoxy) is 5. The Morgan fingerprint density at radius 3 is 1.38 bits per heavy atom. The monoisotopic (exact) mass is 1110 g/mol. The number of amides is 6. The number of hydroxylamine groups is 4. The highest BCUT2D eigenvalue weighted by molar-refractivity contribution is 9.10. The topological polar surface area (TPSA) is 280 Å². The summed E-state index contributed by atoms with van der Waals surface area (Å²) < 4.78 is 98.6. The van der Waals surface area contributed by atoms with Gasteiger partial charge in [-0.05, 0) is 78.8 Å². The number of methoxy groups -OCH3 is 3. The number of aliphatic hydroxyl groups is 1. The van der Waals surface area contributed by atoms with Crippen LogP contribution in [0.1, 0.15) is 67.2 Å². The van der Waals surface area contributed by atoms with Crippen LogP contribution in [0.2, 0.25) is 0 Å². The van der Waals surface area contributed by atoms with Crippen LogP contribution in [0.4, 0.5) is 35.9 Å². The second-order valence-corrected chi connectivity index (χ2v) is 18.5. The minimum Gasteiger partial charge on any atom is -0.452 e. The van der Waals surface area contributed by atoms with E-state index in [9.17, 15) is 65.1 Å². The number of rotatable bonds is 15. The molecule has 4 heterocycles. The molecule has 4 rings (SSSR count). The SMILES string of the molecule is COCC(C)(C)O.COCC(C)(C)OC(=O)C(F)(F)Br.COCC(C)(C)OC(=O)C(F)(F)ON1C(=O)N2C[C@H]1CC[C@H]2C(N)=O.NC(=O)[C@@H]1CC[C@@H]2CN1C(=O)N2O.O=C(Cl)C(F)(F)Br. The number of primary amides is 2. The van der Waals surface area contributed by atoms with Gasteiger partial charge in [0.15, 0.2) is 0 Å². The Balaban J connectivity index is 0.000000868. The molecule has 6 amide bonds. The van der Waals surface area contributed by atoms with Crippen LogP contribution in [-0.2, 0) is 52.5 Å². The van der Waals surface area contributed by atoms with E-state index in [0.717, 1.165) is 4.90 Å². The summed E-state index contributed by atoms with van der Waals surface area (Å²) in [6.45, 7) is 9.93. The van der Waals surface area contributed by atoms with Gasteiger partial charge in [-0.2, -0.15) is 36.2 Å². The molecule has 0 aliphatic carbocycles. The highest BCUT2D eigenvalue weighted by Crippen LogP contribution is 2.34. The van der Waals surface area contributed by atoms with Gasteiger partial charge < -0.3 is 50.1 Å². The molecule has 30 heteroatoms. The van der Waals surface area contributed by atoms with Gasteiger partial charge in [-0.3, -0.25) is 19.6 Å². The van der Waals surface area contributed by atoms with E-state index >= 15 is 0 Å². The van der Waals surface area contributed by atoms with E-state index in [1.807, 2.05) is 15.9 Å². The van der Waals surface area contributed by atoms with Crippen LogP contribution in [0.25, 0.3) is 0 Å². The summed E-state index contributed by atoms with van der Waals surface area (Å²) in [7, 11) is 4.29. The molecule has 6 N–H and O–H groups in total. The van der Waals surface area contributed by atoms with Crippen molar-refractivity contribution in [3.05, 3.63) is 0 Å². The summed E-state index contributed by atoms with van der Waals surface area (Å²) in [6, 6.07) is -3.72. The average Bonchev–Trinajstić information content (AvgIpc) is 3.49. The molecule has 4 bridgehead atoms. The van der Waals surface area contributed by atoms with Gasteiger partial charge in [0.05, 0.1) is 37.5 Å². The van der Waals surface area contributed by atoms with Crippen molar-refractivity contribution in [3.63, 3.8) is 0 Å². The lowest BCUT2D eigenvalue weighted by Gasteiger charge is -2.29. The van der Waals surface area contributed by atoms with E-state index in [-0.39, 0.29) is 38.6 Å². The van der Waals surface area contributed by atoms with Crippen molar-refractivity contribution >= 4 is 84.5 Å². The lowest BCUT2D eigenvalue weighted by atomic mass is 10.0.